The lowest BCUT2D eigenvalue weighted by atomic mass is 10.2. The molecule has 1 heterocycles. The minimum absolute atomic E-state index is 0.133. The predicted molar refractivity (Wildman–Crippen MR) is 112 cm³/mol. The maximum atomic E-state index is 13.0. The maximum absolute atomic E-state index is 13.0. The van der Waals surface area contributed by atoms with Crippen LogP contribution in [0.2, 0.25) is 0 Å². The third-order valence-electron chi connectivity index (χ3n) is 4.26. The molecule has 3 aromatic rings. The van der Waals surface area contributed by atoms with Crippen molar-refractivity contribution in [3.8, 4) is 0 Å². The van der Waals surface area contributed by atoms with Gasteiger partial charge in [-0.25, -0.2) is 19.1 Å². The monoisotopic (exact) mass is 405 g/mol. The molecule has 30 heavy (non-hydrogen) atoms. The fourth-order valence-corrected chi connectivity index (χ4v) is 2.67. The number of hydrogen-bond acceptors (Lipinski definition) is 4. The maximum Gasteiger partial charge on any atom is 0.328 e. The number of amides is 3. The summed E-state index contributed by atoms with van der Waals surface area (Å²) in [5.74, 6) is -0.550. The number of anilines is 1. The van der Waals surface area contributed by atoms with E-state index in [0.29, 0.717) is 17.7 Å². The number of carbonyl (C=O) groups excluding carboxylic acids is 2. The Morgan fingerprint density at radius 2 is 1.63 bits per heavy atom. The SMILES string of the molecule is N=CN(C(=O)NCc1ccc(F)cc1)c1cc(C(=O)NCc2ccccc2)ccn1. The van der Waals surface area contributed by atoms with Crippen LogP contribution in [-0.4, -0.2) is 23.3 Å². The number of nitrogens with one attached hydrogen (secondary N) is 3. The van der Waals surface area contributed by atoms with Crippen LogP contribution in [0.4, 0.5) is 15.0 Å². The van der Waals surface area contributed by atoms with Crippen molar-refractivity contribution >= 4 is 24.1 Å². The van der Waals surface area contributed by atoms with E-state index in [4.69, 9.17) is 5.41 Å². The molecule has 0 atom stereocenters. The highest BCUT2D eigenvalue weighted by atomic mass is 19.1. The van der Waals surface area contributed by atoms with Crippen molar-refractivity contribution in [3.63, 3.8) is 0 Å². The molecule has 0 aliphatic carbocycles. The van der Waals surface area contributed by atoms with E-state index in [0.717, 1.165) is 16.8 Å². The van der Waals surface area contributed by atoms with Crippen LogP contribution in [0.3, 0.4) is 0 Å². The molecule has 152 valence electrons. The second kappa shape index (κ2) is 9.92. The molecule has 1 aromatic heterocycles. The van der Waals surface area contributed by atoms with Crippen molar-refractivity contribution in [2.45, 2.75) is 13.1 Å². The van der Waals surface area contributed by atoms with Gasteiger partial charge in [0, 0.05) is 24.8 Å². The summed E-state index contributed by atoms with van der Waals surface area (Å²) >= 11 is 0. The highest BCUT2D eigenvalue weighted by Gasteiger charge is 2.16. The van der Waals surface area contributed by atoms with Gasteiger partial charge in [-0.2, -0.15) is 0 Å². The van der Waals surface area contributed by atoms with Crippen molar-refractivity contribution < 1.29 is 14.0 Å². The fourth-order valence-electron chi connectivity index (χ4n) is 2.67. The van der Waals surface area contributed by atoms with Crippen LogP contribution >= 0.6 is 0 Å². The largest absolute Gasteiger partial charge is 0.348 e. The van der Waals surface area contributed by atoms with Crippen molar-refractivity contribution in [2.75, 3.05) is 4.90 Å². The molecule has 3 amide bonds. The first kappa shape index (κ1) is 20.7. The Hall–Kier alpha value is -4.07. The Kier molecular flexibility index (Phi) is 6.83. The molecule has 2 aromatic carbocycles. The van der Waals surface area contributed by atoms with E-state index in [1.807, 2.05) is 30.3 Å². The number of carbonyl (C=O) groups is 2. The topological polar surface area (TPSA) is 98.2 Å². The summed E-state index contributed by atoms with van der Waals surface area (Å²) in [6, 6.07) is 17.6. The highest BCUT2D eigenvalue weighted by molar-refractivity contribution is 6.06. The quantitative estimate of drug-likeness (QED) is 0.415. The number of urea groups is 1. The van der Waals surface area contributed by atoms with Gasteiger partial charge in [0.05, 0.1) is 6.34 Å². The Labute approximate surface area is 173 Å². The molecule has 0 fully saturated rings. The number of hydrogen-bond donors (Lipinski definition) is 3. The molecule has 0 bridgehead atoms. The molecular weight excluding hydrogens is 385 g/mol. The van der Waals surface area contributed by atoms with Crippen LogP contribution < -0.4 is 15.5 Å². The van der Waals surface area contributed by atoms with Crippen molar-refractivity contribution in [2.24, 2.45) is 0 Å². The van der Waals surface area contributed by atoms with Gasteiger partial charge in [-0.1, -0.05) is 42.5 Å². The summed E-state index contributed by atoms with van der Waals surface area (Å²) in [6.07, 6.45) is 2.21. The second-order valence-electron chi connectivity index (χ2n) is 6.36. The molecule has 0 saturated heterocycles. The minimum Gasteiger partial charge on any atom is -0.348 e. The van der Waals surface area contributed by atoms with Gasteiger partial charge in [0.1, 0.15) is 11.6 Å². The zero-order valence-electron chi connectivity index (χ0n) is 16.0. The average molecular weight is 405 g/mol. The summed E-state index contributed by atoms with van der Waals surface area (Å²) in [7, 11) is 0. The number of pyridine rings is 1. The lowest BCUT2D eigenvalue weighted by Crippen LogP contribution is -2.39. The van der Waals surface area contributed by atoms with E-state index in [1.54, 1.807) is 12.1 Å². The van der Waals surface area contributed by atoms with E-state index in [-0.39, 0.29) is 24.1 Å². The Balaban J connectivity index is 1.64. The van der Waals surface area contributed by atoms with Crippen LogP contribution in [0.15, 0.2) is 72.9 Å². The first-order valence-electron chi connectivity index (χ1n) is 9.17. The third-order valence-corrected chi connectivity index (χ3v) is 4.26. The predicted octanol–water partition coefficient (Wildman–Crippen LogP) is 3.47. The smallest absolute Gasteiger partial charge is 0.328 e. The third kappa shape index (κ3) is 5.48. The summed E-state index contributed by atoms with van der Waals surface area (Å²) in [6.45, 7) is 0.518. The molecule has 0 saturated carbocycles. The summed E-state index contributed by atoms with van der Waals surface area (Å²) in [5, 5.41) is 13.0. The zero-order chi connectivity index (χ0) is 21.3. The molecule has 0 spiro atoms. The van der Waals surface area contributed by atoms with Crippen molar-refractivity contribution in [3.05, 3.63) is 95.4 Å². The molecule has 3 rings (SSSR count). The Morgan fingerprint density at radius 1 is 0.967 bits per heavy atom. The van der Waals surface area contributed by atoms with Crippen molar-refractivity contribution in [1.82, 2.24) is 15.6 Å². The first-order chi connectivity index (χ1) is 14.6. The molecular formula is C22H20FN5O2. The van der Waals surface area contributed by atoms with Gasteiger partial charge in [-0.15, -0.1) is 0 Å². The summed E-state index contributed by atoms with van der Waals surface area (Å²) in [5.41, 5.74) is 1.98. The molecule has 3 N–H and O–H groups in total. The second-order valence-corrected chi connectivity index (χ2v) is 6.36. The number of aromatic nitrogens is 1. The fraction of sp³-hybridized carbons (Fsp3) is 0.0909. The highest BCUT2D eigenvalue weighted by Crippen LogP contribution is 2.12. The number of nitrogens with zero attached hydrogens (tertiary/aromatic N) is 2. The van der Waals surface area contributed by atoms with E-state index >= 15 is 0 Å². The minimum atomic E-state index is -0.594. The lowest BCUT2D eigenvalue weighted by Gasteiger charge is -2.17. The molecule has 0 unspecified atom stereocenters. The van der Waals surface area contributed by atoms with Crippen LogP contribution in [0.5, 0.6) is 0 Å². The summed E-state index contributed by atoms with van der Waals surface area (Å²) < 4.78 is 13.0. The van der Waals surface area contributed by atoms with Gasteiger partial charge >= 0.3 is 6.03 Å². The lowest BCUT2D eigenvalue weighted by molar-refractivity contribution is 0.0950. The van der Waals surface area contributed by atoms with Crippen LogP contribution in [0, 0.1) is 11.2 Å². The van der Waals surface area contributed by atoms with E-state index in [9.17, 15) is 14.0 Å². The number of halogens is 1. The molecule has 0 aliphatic rings. The zero-order valence-corrected chi connectivity index (χ0v) is 16.0. The van der Waals surface area contributed by atoms with E-state index < -0.39 is 6.03 Å². The average Bonchev–Trinajstić information content (AvgIpc) is 2.78. The molecule has 0 aliphatic heterocycles. The van der Waals surface area contributed by atoms with Gasteiger partial charge in [0.2, 0.25) is 0 Å². The molecule has 0 radical (unpaired) electrons. The standard InChI is InChI=1S/C22H20FN5O2/c23-19-8-6-17(7-9-19)14-27-22(30)28(15-24)20-12-18(10-11-25-20)21(29)26-13-16-4-2-1-3-5-16/h1-12,15,24H,13-14H2,(H,26,29)(H,27,30). The van der Waals surface area contributed by atoms with E-state index in [1.165, 1.54) is 30.5 Å². The molecule has 8 heteroatoms. The van der Waals surface area contributed by atoms with Crippen LogP contribution in [0.1, 0.15) is 21.5 Å². The Bertz CT molecular complexity index is 1030. The van der Waals surface area contributed by atoms with Gasteiger partial charge in [-0.05, 0) is 35.4 Å². The Morgan fingerprint density at radius 3 is 2.33 bits per heavy atom. The normalized spacial score (nSPS) is 10.2. The number of benzene rings is 2. The van der Waals surface area contributed by atoms with Crippen LogP contribution in [0.25, 0.3) is 0 Å². The summed E-state index contributed by atoms with van der Waals surface area (Å²) in [4.78, 5) is 30.0. The van der Waals surface area contributed by atoms with Gasteiger partial charge < -0.3 is 10.6 Å². The number of rotatable bonds is 7. The van der Waals surface area contributed by atoms with Gasteiger partial charge in [-0.3, -0.25) is 10.2 Å². The first-order valence-corrected chi connectivity index (χ1v) is 9.17. The van der Waals surface area contributed by atoms with E-state index in [2.05, 4.69) is 15.6 Å². The van der Waals surface area contributed by atoms with Crippen LogP contribution in [-0.2, 0) is 13.1 Å². The van der Waals surface area contributed by atoms with Gasteiger partial charge in [0.15, 0.2) is 0 Å². The van der Waals surface area contributed by atoms with Crippen molar-refractivity contribution in [1.29, 1.82) is 5.41 Å². The molecule has 7 nitrogen and oxygen atoms in total. The van der Waals surface area contributed by atoms with Gasteiger partial charge in [0.25, 0.3) is 5.91 Å².